The molecule has 0 aromatic carbocycles. The van der Waals surface area contributed by atoms with E-state index in [9.17, 15) is 0 Å². The van der Waals surface area contributed by atoms with Crippen LogP contribution in [0.2, 0.25) is 0 Å². The molecule has 3 nitrogen and oxygen atoms in total. The van der Waals surface area contributed by atoms with E-state index in [1.54, 1.807) is 12.4 Å². The quantitative estimate of drug-likeness (QED) is 0.557. The van der Waals surface area contributed by atoms with E-state index in [0.29, 0.717) is 6.04 Å². The minimum atomic E-state index is 0.611. The lowest BCUT2D eigenvalue weighted by Crippen LogP contribution is -2.19. The third-order valence-electron chi connectivity index (χ3n) is 1.84. The third kappa shape index (κ3) is 0.724. The predicted molar refractivity (Wildman–Crippen MR) is 32.9 cm³/mol. The van der Waals surface area contributed by atoms with Crippen LogP contribution in [-0.2, 0) is 0 Å². The Hall–Kier alpha value is -0.860. The maximum atomic E-state index is 4.04. The van der Waals surface area contributed by atoms with Gasteiger partial charge in [0, 0.05) is 0 Å². The summed E-state index contributed by atoms with van der Waals surface area (Å²) in [7, 11) is 0. The Morgan fingerprint density at radius 1 is 1.22 bits per heavy atom. The molecule has 1 aromatic heterocycles. The summed E-state index contributed by atoms with van der Waals surface area (Å²) < 4.78 is 0. The van der Waals surface area contributed by atoms with E-state index in [-0.39, 0.29) is 0 Å². The van der Waals surface area contributed by atoms with Crippen molar-refractivity contribution >= 4 is 0 Å². The van der Waals surface area contributed by atoms with Gasteiger partial charge < -0.3 is 0 Å². The number of hydrogen-bond donors (Lipinski definition) is 0. The second-order valence-electron chi connectivity index (χ2n) is 2.43. The van der Waals surface area contributed by atoms with Crippen molar-refractivity contribution in [2.24, 2.45) is 0 Å². The second kappa shape index (κ2) is 1.83. The van der Waals surface area contributed by atoms with Crippen LogP contribution in [0.4, 0.5) is 0 Å². The zero-order valence-corrected chi connectivity index (χ0v) is 5.20. The van der Waals surface area contributed by atoms with Gasteiger partial charge in [-0.1, -0.05) is 0 Å². The zero-order valence-electron chi connectivity index (χ0n) is 5.20. The van der Waals surface area contributed by atoms with Crippen LogP contribution < -0.4 is 0 Å². The van der Waals surface area contributed by atoms with Crippen LogP contribution in [0, 0.1) is 0 Å². The first-order chi connectivity index (χ1) is 4.47. The lowest BCUT2D eigenvalue weighted by atomic mass is 9.94. The van der Waals surface area contributed by atoms with E-state index in [1.807, 2.05) is 4.80 Å². The lowest BCUT2D eigenvalue weighted by Gasteiger charge is -2.23. The Kier molecular flexibility index (Phi) is 1.01. The fourth-order valence-corrected chi connectivity index (χ4v) is 1.03. The van der Waals surface area contributed by atoms with Gasteiger partial charge in [0.25, 0.3) is 0 Å². The lowest BCUT2D eigenvalue weighted by molar-refractivity contribution is 0.262. The molecular weight excluding hydrogens is 114 g/mol. The maximum Gasteiger partial charge on any atom is 0.0716 e. The standard InChI is InChI=1S/C6H9N3/c1-2-6(3-1)9-7-4-5-8-9/h4-6H,1-3H2. The maximum absolute atomic E-state index is 4.04. The molecule has 0 atom stereocenters. The monoisotopic (exact) mass is 123 g/mol. The smallest absolute Gasteiger partial charge is 0.0716 e. The summed E-state index contributed by atoms with van der Waals surface area (Å²) in [5.74, 6) is 0. The van der Waals surface area contributed by atoms with Gasteiger partial charge in [-0.3, -0.25) is 0 Å². The molecule has 0 aliphatic heterocycles. The number of hydrogen-bond acceptors (Lipinski definition) is 2. The summed E-state index contributed by atoms with van der Waals surface area (Å²) in [5.41, 5.74) is 0. The third-order valence-corrected chi connectivity index (χ3v) is 1.84. The van der Waals surface area contributed by atoms with Gasteiger partial charge in [-0.05, 0) is 19.3 Å². The molecular formula is C6H9N3. The largest absolute Gasteiger partial charge is 0.182 e. The molecule has 48 valence electrons. The van der Waals surface area contributed by atoms with E-state index in [1.165, 1.54) is 19.3 Å². The van der Waals surface area contributed by atoms with Crippen LogP contribution in [0.1, 0.15) is 25.3 Å². The fraction of sp³-hybridized carbons (Fsp3) is 0.667. The molecule has 2 rings (SSSR count). The molecule has 0 saturated heterocycles. The predicted octanol–water partition coefficient (Wildman–Crippen LogP) is 1.00. The van der Waals surface area contributed by atoms with Gasteiger partial charge in [0.15, 0.2) is 0 Å². The first-order valence-electron chi connectivity index (χ1n) is 3.32. The summed E-state index contributed by atoms with van der Waals surface area (Å²) >= 11 is 0. The van der Waals surface area contributed by atoms with Gasteiger partial charge in [0.05, 0.1) is 18.4 Å². The molecule has 0 unspecified atom stereocenters. The van der Waals surface area contributed by atoms with Crippen LogP contribution in [0.15, 0.2) is 12.4 Å². The molecule has 0 spiro atoms. The molecule has 1 fully saturated rings. The fourth-order valence-electron chi connectivity index (χ4n) is 1.03. The summed E-state index contributed by atoms with van der Waals surface area (Å²) in [4.78, 5) is 1.81. The van der Waals surface area contributed by atoms with Gasteiger partial charge in [0.1, 0.15) is 0 Å². The van der Waals surface area contributed by atoms with Crippen molar-refractivity contribution in [3.05, 3.63) is 12.4 Å². The van der Waals surface area contributed by atoms with Crippen molar-refractivity contribution in [1.29, 1.82) is 0 Å². The number of nitrogens with zero attached hydrogens (tertiary/aromatic N) is 3. The highest BCUT2D eigenvalue weighted by atomic mass is 15.5. The molecule has 9 heavy (non-hydrogen) atoms. The Balaban J connectivity index is 2.14. The highest BCUT2D eigenvalue weighted by molar-refractivity contribution is 4.74. The summed E-state index contributed by atoms with van der Waals surface area (Å²) in [5, 5.41) is 8.09. The van der Waals surface area contributed by atoms with Crippen LogP contribution in [0.25, 0.3) is 0 Å². The summed E-state index contributed by atoms with van der Waals surface area (Å²) in [6, 6.07) is 0.611. The van der Waals surface area contributed by atoms with E-state index in [0.717, 1.165) is 0 Å². The Labute approximate surface area is 53.7 Å². The molecule has 1 heterocycles. The highest BCUT2D eigenvalue weighted by Crippen LogP contribution is 2.29. The average molecular weight is 123 g/mol. The van der Waals surface area contributed by atoms with Gasteiger partial charge >= 0.3 is 0 Å². The topological polar surface area (TPSA) is 30.7 Å². The Morgan fingerprint density at radius 2 is 1.89 bits per heavy atom. The number of aromatic nitrogens is 3. The SMILES string of the molecule is c1cnn(C2CCC2)n1. The van der Waals surface area contributed by atoms with Crippen molar-refractivity contribution < 1.29 is 0 Å². The Morgan fingerprint density at radius 3 is 2.33 bits per heavy atom. The van der Waals surface area contributed by atoms with Crippen molar-refractivity contribution in [3.63, 3.8) is 0 Å². The molecule has 1 saturated carbocycles. The van der Waals surface area contributed by atoms with E-state index in [2.05, 4.69) is 10.2 Å². The minimum absolute atomic E-state index is 0.611. The molecule has 3 heteroatoms. The van der Waals surface area contributed by atoms with Crippen molar-refractivity contribution in [2.45, 2.75) is 25.3 Å². The molecule has 1 aliphatic rings. The van der Waals surface area contributed by atoms with Crippen LogP contribution >= 0.6 is 0 Å². The van der Waals surface area contributed by atoms with Gasteiger partial charge in [-0.15, -0.1) is 0 Å². The van der Waals surface area contributed by atoms with Gasteiger partial charge in [-0.2, -0.15) is 15.0 Å². The normalized spacial score (nSPS) is 19.6. The number of rotatable bonds is 1. The van der Waals surface area contributed by atoms with E-state index < -0.39 is 0 Å². The van der Waals surface area contributed by atoms with Crippen molar-refractivity contribution in [1.82, 2.24) is 15.0 Å². The summed E-state index contributed by atoms with van der Waals surface area (Å²) in [6.45, 7) is 0. The van der Waals surface area contributed by atoms with Crippen molar-refractivity contribution in [2.75, 3.05) is 0 Å². The van der Waals surface area contributed by atoms with Gasteiger partial charge in [0.2, 0.25) is 0 Å². The minimum Gasteiger partial charge on any atom is -0.182 e. The molecule has 0 amide bonds. The van der Waals surface area contributed by atoms with Crippen molar-refractivity contribution in [3.8, 4) is 0 Å². The van der Waals surface area contributed by atoms with Gasteiger partial charge in [-0.25, -0.2) is 0 Å². The first kappa shape index (κ1) is 4.97. The van der Waals surface area contributed by atoms with Crippen LogP contribution in [0.3, 0.4) is 0 Å². The van der Waals surface area contributed by atoms with E-state index in [4.69, 9.17) is 0 Å². The van der Waals surface area contributed by atoms with Crippen LogP contribution in [-0.4, -0.2) is 15.0 Å². The molecule has 0 N–H and O–H groups in total. The molecule has 0 radical (unpaired) electrons. The molecule has 1 aromatic rings. The zero-order chi connectivity index (χ0) is 6.10. The summed E-state index contributed by atoms with van der Waals surface area (Å²) in [6.07, 6.45) is 7.33. The van der Waals surface area contributed by atoms with Crippen LogP contribution in [0.5, 0.6) is 0 Å². The first-order valence-corrected chi connectivity index (χ1v) is 3.32. The Bertz CT molecular complexity index is 176. The molecule has 0 bridgehead atoms. The molecule has 1 aliphatic carbocycles. The second-order valence-corrected chi connectivity index (χ2v) is 2.43. The average Bonchev–Trinajstić information content (AvgIpc) is 2.11. The van der Waals surface area contributed by atoms with E-state index >= 15 is 0 Å². The highest BCUT2D eigenvalue weighted by Gasteiger charge is 2.19.